The standard InChI is InChI=1S/C24H17Cl3N2O2/c1-15-6-8-16(9-7-15)14-31-23-20(26)11-17(12-21(23)27)10-18(13-28)24(30)29-22-5-3-2-4-19(22)25/h2-12H,14H2,1H3,(H,29,30)/b18-10+. The highest BCUT2D eigenvalue weighted by atomic mass is 35.5. The zero-order chi connectivity index (χ0) is 22.4. The van der Waals surface area contributed by atoms with Crippen molar-refractivity contribution in [1.29, 1.82) is 5.26 Å². The molecule has 0 spiro atoms. The Hall–Kier alpha value is -2.97. The average Bonchev–Trinajstić information content (AvgIpc) is 2.74. The largest absolute Gasteiger partial charge is 0.486 e. The number of anilines is 1. The first kappa shape index (κ1) is 22.7. The lowest BCUT2D eigenvalue weighted by Crippen LogP contribution is -2.13. The van der Waals surface area contributed by atoms with Crippen molar-refractivity contribution in [3.63, 3.8) is 0 Å². The monoisotopic (exact) mass is 470 g/mol. The molecule has 0 atom stereocenters. The summed E-state index contributed by atoms with van der Waals surface area (Å²) in [7, 11) is 0. The number of hydrogen-bond acceptors (Lipinski definition) is 3. The van der Waals surface area contributed by atoms with Crippen LogP contribution in [0.3, 0.4) is 0 Å². The number of ether oxygens (including phenoxy) is 1. The lowest BCUT2D eigenvalue weighted by Gasteiger charge is -2.11. The van der Waals surface area contributed by atoms with Crippen molar-refractivity contribution in [1.82, 2.24) is 0 Å². The molecule has 0 fully saturated rings. The minimum atomic E-state index is -0.595. The Labute approximate surface area is 195 Å². The summed E-state index contributed by atoms with van der Waals surface area (Å²) in [6.45, 7) is 2.31. The Kier molecular flexibility index (Phi) is 7.59. The van der Waals surface area contributed by atoms with Crippen molar-refractivity contribution >= 4 is 52.5 Å². The van der Waals surface area contributed by atoms with E-state index in [1.165, 1.54) is 6.08 Å². The van der Waals surface area contributed by atoms with Crippen LogP contribution in [0.15, 0.2) is 66.2 Å². The van der Waals surface area contributed by atoms with Gasteiger partial charge < -0.3 is 10.1 Å². The van der Waals surface area contributed by atoms with Crippen LogP contribution in [0.2, 0.25) is 15.1 Å². The number of amides is 1. The van der Waals surface area contributed by atoms with E-state index in [0.717, 1.165) is 11.1 Å². The van der Waals surface area contributed by atoms with Crippen LogP contribution in [-0.2, 0) is 11.4 Å². The summed E-state index contributed by atoms with van der Waals surface area (Å²) in [5, 5.41) is 13.0. The van der Waals surface area contributed by atoms with Gasteiger partial charge in [0.1, 0.15) is 18.2 Å². The molecule has 0 saturated heterocycles. The maximum atomic E-state index is 12.5. The van der Waals surface area contributed by atoms with E-state index in [1.54, 1.807) is 36.4 Å². The lowest BCUT2D eigenvalue weighted by atomic mass is 10.1. The molecule has 3 aromatic rings. The van der Waals surface area contributed by atoms with E-state index >= 15 is 0 Å². The molecule has 3 aromatic carbocycles. The average molecular weight is 472 g/mol. The number of hydrogen-bond donors (Lipinski definition) is 1. The van der Waals surface area contributed by atoms with Gasteiger partial charge in [0.15, 0.2) is 5.75 Å². The van der Waals surface area contributed by atoms with Crippen LogP contribution in [0, 0.1) is 18.3 Å². The fourth-order valence-electron chi connectivity index (χ4n) is 2.71. The normalized spacial score (nSPS) is 11.0. The number of carbonyl (C=O) groups is 1. The summed E-state index contributed by atoms with van der Waals surface area (Å²) in [4.78, 5) is 12.5. The SMILES string of the molecule is Cc1ccc(COc2c(Cl)cc(/C=C(\C#N)C(=O)Nc3ccccc3Cl)cc2Cl)cc1. The molecule has 0 radical (unpaired) electrons. The number of nitrogens with zero attached hydrogens (tertiary/aromatic N) is 1. The van der Waals surface area contributed by atoms with Crippen LogP contribution in [0.1, 0.15) is 16.7 Å². The van der Waals surface area contributed by atoms with Gasteiger partial charge in [-0.1, -0.05) is 76.8 Å². The second-order valence-electron chi connectivity index (χ2n) is 6.69. The third-order valence-corrected chi connectivity index (χ3v) is 5.21. The Morgan fingerprint density at radius 2 is 1.68 bits per heavy atom. The number of nitriles is 1. The fraction of sp³-hybridized carbons (Fsp3) is 0.0833. The number of nitrogens with one attached hydrogen (secondary N) is 1. The van der Waals surface area contributed by atoms with E-state index in [-0.39, 0.29) is 15.6 Å². The zero-order valence-corrected chi connectivity index (χ0v) is 18.7. The van der Waals surface area contributed by atoms with E-state index in [9.17, 15) is 10.1 Å². The number of carbonyl (C=O) groups excluding carboxylic acids is 1. The van der Waals surface area contributed by atoms with Crippen molar-refractivity contribution in [2.75, 3.05) is 5.32 Å². The van der Waals surface area contributed by atoms with Gasteiger partial charge in [0.2, 0.25) is 0 Å². The highest BCUT2D eigenvalue weighted by Crippen LogP contribution is 2.35. The molecule has 3 rings (SSSR count). The molecular formula is C24H17Cl3N2O2. The maximum Gasteiger partial charge on any atom is 0.266 e. The molecule has 4 nitrogen and oxygen atoms in total. The van der Waals surface area contributed by atoms with Gasteiger partial charge in [-0.15, -0.1) is 0 Å². The Bertz CT molecular complexity index is 1160. The molecule has 0 aliphatic rings. The van der Waals surface area contributed by atoms with E-state index in [4.69, 9.17) is 39.5 Å². The predicted octanol–water partition coefficient (Wildman–Crippen LogP) is 7.08. The number of benzene rings is 3. The quantitative estimate of drug-likeness (QED) is 0.308. The Balaban J connectivity index is 1.78. The number of aryl methyl sites for hydroxylation is 1. The van der Waals surface area contributed by atoms with Gasteiger partial charge in [0, 0.05) is 0 Å². The van der Waals surface area contributed by atoms with Crippen LogP contribution in [-0.4, -0.2) is 5.91 Å². The molecule has 0 unspecified atom stereocenters. The van der Waals surface area contributed by atoms with E-state index < -0.39 is 5.91 Å². The zero-order valence-electron chi connectivity index (χ0n) is 16.5. The lowest BCUT2D eigenvalue weighted by molar-refractivity contribution is -0.112. The highest BCUT2D eigenvalue weighted by molar-refractivity contribution is 6.37. The molecule has 0 aromatic heterocycles. The third-order valence-electron chi connectivity index (χ3n) is 4.32. The molecule has 0 bridgehead atoms. The van der Waals surface area contributed by atoms with Gasteiger partial charge in [0.05, 0.1) is 20.8 Å². The van der Waals surface area contributed by atoms with Gasteiger partial charge in [-0.2, -0.15) is 5.26 Å². The molecule has 1 amide bonds. The minimum Gasteiger partial charge on any atom is -0.486 e. The fourth-order valence-corrected chi connectivity index (χ4v) is 3.50. The van der Waals surface area contributed by atoms with Crippen LogP contribution < -0.4 is 10.1 Å². The smallest absolute Gasteiger partial charge is 0.266 e. The first-order chi connectivity index (χ1) is 14.9. The van der Waals surface area contributed by atoms with Crippen molar-refractivity contribution in [2.45, 2.75) is 13.5 Å². The first-order valence-electron chi connectivity index (χ1n) is 9.22. The first-order valence-corrected chi connectivity index (χ1v) is 10.4. The molecular weight excluding hydrogens is 455 g/mol. The third kappa shape index (κ3) is 6.02. The Morgan fingerprint density at radius 1 is 1.03 bits per heavy atom. The second kappa shape index (κ2) is 10.4. The van der Waals surface area contributed by atoms with Crippen LogP contribution in [0.5, 0.6) is 5.75 Å². The van der Waals surface area contributed by atoms with E-state index in [2.05, 4.69) is 5.32 Å². The van der Waals surface area contributed by atoms with E-state index in [0.29, 0.717) is 28.6 Å². The molecule has 0 saturated carbocycles. The van der Waals surface area contributed by atoms with Gasteiger partial charge in [-0.25, -0.2) is 0 Å². The maximum absolute atomic E-state index is 12.5. The van der Waals surface area contributed by atoms with Crippen molar-refractivity contribution in [3.05, 3.63) is 98.0 Å². The number of rotatable bonds is 6. The van der Waals surface area contributed by atoms with E-state index in [1.807, 2.05) is 37.3 Å². The number of para-hydroxylation sites is 1. The molecule has 0 aliphatic carbocycles. The molecule has 7 heteroatoms. The summed E-state index contributed by atoms with van der Waals surface area (Å²) in [6, 6.07) is 19.7. The summed E-state index contributed by atoms with van der Waals surface area (Å²) in [6.07, 6.45) is 1.40. The molecule has 156 valence electrons. The Morgan fingerprint density at radius 3 is 2.29 bits per heavy atom. The number of halogens is 3. The highest BCUT2D eigenvalue weighted by Gasteiger charge is 2.14. The van der Waals surface area contributed by atoms with Gasteiger partial charge in [0.25, 0.3) is 5.91 Å². The summed E-state index contributed by atoms with van der Waals surface area (Å²) >= 11 is 18.7. The topological polar surface area (TPSA) is 62.1 Å². The summed E-state index contributed by atoms with van der Waals surface area (Å²) in [5.41, 5.74) is 2.91. The molecule has 1 N–H and O–H groups in total. The van der Waals surface area contributed by atoms with Crippen molar-refractivity contribution in [3.8, 4) is 11.8 Å². The van der Waals surface area contributed by atoms with Crippen LogP contribution in [0.25, 0.3) is 6.08 Å². The second-order valence-corrected chi connectivity index (χ2v) is 7.91. The molecule has 31 heavy (non-hydrogen) atoms. The summed E-state index contributed by atoms with van der Waals surface area (Å²) in [5.74, 6) is -0.261. The molecule has 0 aliphatic heterocycles. The van der Waals surface area contributed by atoms with Crippen molar-refractivity contribution in [2.24, 2.45) is 0 Å². The van der Waals surface area contributed by atoms with Crippen LogP contribution >= 0.6 is 34.8 Å². The summed E-state index contributed by atoms with van der Waals surface area (Å²) < 4.78 is 5.78. The van der Waals surface area contributed by atoms with Crippen molar-refractivity contribution < 1.29 is 9.53 Å². The van der Waals surface area contributed by atoms with Gasteiger partial charge in [-0.05, 0) is 48.4 Å². The van der Waals surface area contributed by atoms with Crippen LogP contribution in [0.4, 0.5) is 5.69 Å². The van der Waals surface area contributed by atoms with Gasteiger partial charge >= 0.3 is 0 Å². The predicted molar refractivity (Wildman–Crippen MR) is 126 cm³/mol. The van der Waals surface area contributed by atoms with Gasteiger partial charge in [-0.3, -0.25) is 4.79 Å². The minimum absolute atomic E-state index is 0.125. The molecule has 0 heterocycles.